The number of nitrogens with zero attached hydrogens (tertiary/aromatic N) is 3. The number of hydrogen-bond donors (Lipinski definition) is 0. The first-order valence-corrected chi connectivity index (χ1v) is 12.2. The molecule has 1 amide bonds. The predicted octanol–water partition coefficient (Wildman–Crippen LogP) is 3.38. The maximum Gasteiger partial charge on any atom is 0.244 e. The summed E-state index contributed by atoms with van der Waals surface area (Å²) in [5.41, 5.74) is 0.154. The first-order valence-electron chi connectivity index (χ1n) is 9.85. The summed E-state index contributed by atoms with van der Waals surface area (Å²) in [4.78, 5) is 16.4. The van der Waals surface area contributed by atoms with E-state index in [-0.39, 0.29) is 28.3 Å². The molecule has 2 aliphatic rings. The van der Waals surface area contributed by atoms with Crippen LogP contribution in [0.3, 0.4) is 0 Å². The lowest BCUT2D eigenvalue weighted by molar-refractivity contribution is -0.137. The molecule has 152 valence electrons. The van der Waals surface area contributed by atoms with Crippen LogP contribution in [0.15, 0.2) is 46.7 Å². The van der Waals surface area contributed by atoms with Crippen molar-refractivity contribution in [3.63, 3.8) is 0 Å². The van der Waals surface area contributed by atoms with Gasteiger partial charge in [0.05, 0.1) is 16.5 Å². The van der Waals surface area contributed by atoms with E-state index in [9.17, 15) is 18.5 Å². The van der Waals surface area contributed by atoms with E-state index in [0.29, 0.717) is 25.9 Å². The summed E-state index contributed by atoms with van der Waals surface area (Å²) in [6.45, 7) is 1.38. The molecule has 1 aromatic carbocycles. The number of likely N-dealkylation sites (tertiary alicyclic amines) is 1. The molecule has 0 bridgehead atoms. The Labute approximate surface area is 175 Å². The number of carbonyl (C=O) groups excluding carboxylic acids is 1. The van der Waals surface area contributed by atoms with Gasteiger partial charge in [-0.15, -0.1) is 11.3 Å². The van der Waals surface area contributed by atoms with Crippen molar-refractivity contribution in [1.29, 1.82) is 5.26 Å². The molecule has 2 aliphatic heterocycles. The number of thiophene rings is 1. The Bertz CT molecular complexity index is 1020. The van der Waals surface area contributed by atoms with Gasteiger partial charge < -0.3 is 4.90 Å². The summed E-state index contributed by atoms with van der Waals surface area (Å²) in [5.74, 6) is 0.00333. The van der Waals surface area contributed by atoms with Gasteiger partial charge in [0.25, 0.3) is 0 Å². The Morgan fingerprint density at radius 2 is 1.83 bits per heavy atom. The maximum atomic E-state index is 13.2. The zero-order valence-electron chi connectivity index (χ0n) is 16.0. The Balaban J connectivity index is 1.44. The molecule has 4 rings (SSSR count). The van der Waals surface area contributed by atoms with Crippen LogP contribution in [0.1, 0.15) is 42.2 Å². The van der Waals surface area contributed by atoms with Gasteiger partial charge >= 0.3 is 0 Å². The van der Waals surface area contributed by atoms with Crippen LogP contribution in [0.2, 0.25) is 0 Å². The van der Waals surface area contributed by atoms with E-state index in [1.54, 1.807) is 23.5 Å². The van der Waals surface area contributed by atoms with E-state index < -0.39 is 10.0 Å². The smallest absolute Gasteiger partial charge is 0.244 e. The molecule has 0 unspecified atom stereocenters. The third kappa shape index (κ3) is 3.82. The van der Waals surface area contributed by atoms with Gasteiger partial charge in [-0.3, -0.25) is 4.79 Å². The highest BCUT2D eigenvalue weighted by molar-refractivity contribution is 7.89. The molecule has 1 aromatic heterocycles. The zero-order valence-corrected chi connectivity index (χ0v) is 17.7. The van der Waals surface area contributed by atoms with E-state index >= 15 is 0 Å². The molecule has 0 spiro atoms. The minimum atomic E-state index is -3.73. The quantitative estimate of drug-likeness (QED) is 0.746. The van der Waals surface area contributed by atoms with Gasteiger partial charge in [-0.1, -0.05) is 18.2 Å². The molecule has 2 fully saturated rings. The van der Waals surface area contributed by atoms with Crippen LogP contribution in [-0.2, 0) is 14.8 Å². The van der Waals surface area contributed by atoms with Crippen LogP contribution in [0, 0.1) is 17.2 Å². The number of hydrogen-bond acceptors (Lipinski definition) is 5. The number of carbonyl (C=O) groups is 1. The van der Waals surface area contributed by atoms with Crippen molar-refractivity contribution in [3.8, 4) is 6.07 Å². The SMILES string of the molecule is N#Cc1ccccc1S(=O)(=O)N1CCC(C(=O)N2CCC[C@H]2c2cccs2)CC1. The summed E-state index contributed by atoms with van der Waals surface area (Å²) < 4.78 is 27.4. The lowest BCUT2D eigenvalue weighted by atomic mass is 9.96. The van der Waals surface area contributed by atoms with Crippen LogP contribution < -0.4 is 0 Å². The fourth-order valence-corrected chi connectivity index (χ4v) is 6.79. The molecule has 3 heterocycles. The third-order valence-corrected chi connectivity index (χ3v) is 8.77. The summed E-state index contributed by atoms with van der Waals surface area (Å²) in [5, 5.41) is 11.3. The second-order valence-corrected chi connectivity index (χ2v) is 10.4. The van der Waals surface area contributed by atoms with E-state index in [4.69, 9.17) is 0 Å². The van der Waals surface area contributed by atoms with Gasteiger partial charge in [-0.05, 0) is 49.3 Å². The topological polar surface area (TPSA) is 81.5 Å². The average molecular weight is 430 g/mol. The first kappa shape index (κ1) is 20.1. The monoisotopic (exact) mass is 429 g/mol. The highest BCUT2D eigenvalue weighted by Crippen LogP contribution is 2.37. The standard InChI is InChI=1S/C21H23N3O3S2/c22-15-17-5-1-2-8-20(17)29(26,27)23-12-9-16(10-13-23)21(25)24-11-3-6-18(24)19-7-4-14-28-19/h1-2,4-5,7-8,14,16,18H,3,6,9-13H2/t18-/m0/s1. The van der Waals surface area contributed by atoms with Gasteiger partial charge in [-0.25, -0.2) is 8.42 Å². The summed E-state index contributed by atoms with van der Waals surface area (Å²) >= 11 is 1.69. The largest absolute Gasteiger partial charge is 0.335 e. The predicted molar refractivity (Wildman–Crippen MR) is 111 cm³/mol. The Morgan fingerprint density at radius 1 is 1.07 bits per heavy atom. The number of benzene rings is 1. The Hall–Kier alpha value is -2.21. The average Bonchev–Trinajstić information content (AvgIpc) is 3.45. The van der Waals surface area contributed by atoms with Crippen LogP contribution in [0.25, 0.3) is 0 Å². The Kier molecular flexibility index (Phi) is 5.72. The number of sulfonamides is 1. The summed E-state index contributed by atoms with van der Waals surface area (Å²) in [6.07, 6.45) is 3.03. The first-order chi connectivity index (χ1) is 14.0. The minimum Gasteiger partial charge on any atom is -0.335 e. The molecule has 0 aliphatic carbocycles. The van der Waals surface area contributed by atoms with Gasteiger partial charge in [0.15, 0.2) is 0 Å². The number of piperidine rings is 1. The third-order valence-electron chi connectivity index (χ3n) is 5.84. The fourth-order valence-electron chi connectivity index (χ4n) is 4.31. The highest BCUT2D eigenvalue weighted by atomic mass is 32.2. The van der Waals surface area contributed by atoms with Crippen LogP contribution in [0.5, 0.6) is 0 Å². The molecule has 8 heteroatoms. The molecular formula is C21H23N3O3S2. The van der Waals surface area contributed by atoms with Crippen molar-refractivity contribution >= 4 is 27.3 Å². The number of amides is 1. The molecule has 6 nitrogen and oxygen atoms in total. The van der Waals surface area contributed by atoms with Crippen LogP contribution >= 0.6 is 11.3 Å². The molecule has 1 atom stereocenters. The van der Waals surface area contributed by atoms with Crippen molar-refractivity contribution in [2.45, 2.75) is 36.6 Å². The van der Waals surface area contributed by atoms with E-state index in [2.05, 4.69) is 6.07 Å². The lowest BCUT2D eigenvalue weighted by Crippen LogP contribution is -2.44. The van der Waals surface area contributed by atoms with Crippen molar-refractivity contribution in [1.82, 2.24) is 9.21 Å². The second-order valence-electron chi connectivity index (χ2n) is 7.49. The maximum absolute atomic E-state index is 13.2. The normalized spacial score (nSPS) is 21.2. The van der Waals surface area contributed by atoms with Crippen molar-refractivity contribution < 1.29 is 13.2 Å². The molecule has 2 aromatic rings. The van der Waals surface area contributed by atoms with E-state index in [0.717, 1.165) is 19.4 Å². The number of nitriles is 1. The molecule has 29 heavy (non-hydrogen) atoms. The van der Waals surface area contributed by atoms with Crippen LogP contribution in [0.4, 0.5) is 0 Å². The van der Waals surface area contributed by atoms with Gasteiger partial charge in [0.2, 0.25) is 15.9 Å². The molecule has 0 radical (unpaired) electrons. The van der Waals surface area contributed by atoms with Crippen molar-refractivity contribution in [2.75, 3.05) is 19.6 Å². The molecule has 0 N–H and O–H groups in total. The second kappa shape index (κ2) is 8.27. The molecule has 2 saturated heterocycles. The molecular weight excluding hydrogens is 406 g/mol. The van der Waals surface area contributed by atoms with Crippen molar-refractivity contribution in [3.05, 3.63) is 52.2 Å². The van der Waals surface area contributed by atoms with Crippen molar-refractivity contribution in [2.24, 2.45) is 5.92 Å². The summed E-state index contributed by atoms with van der Waals surface area (Å²) in [6, 6.07) is 12.5. The zero-order chi connectivity index (χ0) is 20.4. The van der Waals surface area contributed by atoms with Gasteiger partial charge in [-0.2, -0.15) is 9.57 Å². The van der Waals surface area contributed by atoms with E-state index in [1.807, 2.05) is 22.4 Å². The Morgan fingerprint density at radius 3 is 2.52 bits per heavy atom. The lowest BCUT2D eigenvalue weighted by Gasteiger charge is -2.34. The van der Waals surface area contributed by atoms with Gasteiger partial charge in [0, 0.05) is 30.4 Å². The highest BCUT2D eigenvalue weighted by Gasteiger charge is 2.38. The minimum absolute atomic E-state index is 0.0459. The van der Waals surface area contributed by atoms with Gasteiger partial charge in [0.1, 0.15) is 6.07 Å². The van der Waals surface area contributed by atoms with E-state index in [1.165, 1.54) is 21.3 Å². The summed E-state index contributed by atoms with van der Waals surface area (Å²) in [7, 11) is -3.73. The van der Waals surface area contributed by atoms with Crippen LogP contribution in [-0.4, -0.2) is 43.2 Å². The fraction of sp³-hybridized carbons (Fsp3) is 0.429. The number of rotatable bonds is 4. The molecule has 0 saturated carbocycles.